The van der Waals surface area contributed by atoms with Gasteiger partial charge in [0.15, 0.2) is 5.82 Å². The molecular weight excluding hydrogens is 380 g/mol. The molecule has 29 heavy (non-hydrogen) atoms. The number of fused-ring (bicyclic) bond motifs is 2. The molecule has 0 aliphatic rings. The lowest BCUT2D eigenvalue weighted by Gasteiger charge is -2.07. The Hall–Kier alpha value is -3.51. The molecule has 3 aromatic carbocycles. The zero-order valence-electron chi connectivity index (χ0n) is 15.6. The van der Waals surface area contributed by atoms with E-state index in [4.69, 9.17) is 0 Å². The number of thiazole rings is 1. The van der Waals surface area contributed by atoms with Gasteiger partial charge in [-0.3, -0.25) is 4.79 Å². The van der Waals surface area contributed by atoms with Crippen molar-refractivity contribution in [3.8, 4) is 11.4 Å². The molecule has 0 unspecified atom stereocenters. The molecular formula is C23H18N4OS. The van der Waals surface area contributed by atoms with E-state index in [0.29, 0.717) is 18.5 Å². The van der Waals surface area contributed by atoms with Gasteiger partial charge in [-0.1, -0.05) is 66.7 Å². The van der Waals surface area contributed by atoms with Crippen molar-refractivity contribution >= 4 is 33.0 Å². The van der Waals surface area contributed by atoms with Crippen molar-refractivity contribution in [2.45, 2.75) is 6.42 Å². The van der Waals surface area contributed by atoms with Crippen LogP contribution in [-0.2, 0) is 6.42 Å². The van der Waals surface area contributed by atoms with Crippen molar-refractivity contribution in [3.63, 3.8) is 0 Å². The number of rotatable bonds is 5. The average molecular weight is 398 g/mol. The highest BCUT2D eigenvalue weighted by Gasteiger charge is 2.13. The lowest BCUT2D eigenvalue weighted by molar-refractivity contribution is 0.0955. The normalized spacial score (nSPS) is 11.2. The second-order valence-corrected chi connectivity index (χ2v) is 7.59. The molecule has 0 radical (unpaired) electrons. The minimum absolute atomic E-state index is 0.0585. The number of benzene rings is 3. The number of amides is 1. The van der Waals surface area contributed by atoms with Crippen LogP contribution in [0.1, 0.15) is 16.1 Å². The summed E-state index contributed by atoms with van der Waals surface area (Å²) in [6.45, 7) is 0.536. The highest BCUT2D eigenvalue weighted by atomic mass is 32.1. The lowest BCUT2D eigenvalue weighted by atomic mass is 10.0. The van der Waals surface area contributed by atoms with Crippen LogP contribution in [-0.4, -0.2) is 27.0 Å². The molecule has 0 saturated heterocycles. The molecule has 0 spiro atoms. The van der Waals surface area contributed by atoms with Gasteiger partial charge in [0.25, 0.3) is 5.91 Å². The van der Waals surface area contributed by atoms with E-state index in [9.17, 15) is 4.79 Å². The molecule has 0 aliphatic carbocycles. The van der Waals surface area contributed by atoms with E-state index in [1.165, 1.54) is 0 Å². The smallest absolute Gasteiger partial charge is 0.251 e. The molecule has 0 atom stereocenters. The van der Waals surface area contributed by atoms with Crippen LogP contribution in [0.2, 0.25) is 0 Å². The van der Waals surface area contributed by atoms with Crippen LogP contribution in [0.3, 0.4) is 0 Å². The van der Waals surface area contributed by atoms with Gasteiger partial charge < -0.3 is 5.32 Å². The summed E-state index contributed by atoms with van der Waals surface area (Å²) in [5.74, 6) is 0.662. The summed E-state index contributed by atoms with van der Waals surface area (Å²) in [5, 5.41) is 11.8. The Balaban J connectivity index is 1.31. The molecule has 1 N–H and O–H groups in total. The van der Waals surface area contributed by atoms with Crippen molar-refractivity contribution in [2.75, 3.05) is 6.54 Å². The Morgan fingerprint density at radius 1 is 0.966 bits per heavy atom. The summed E-state index contributed by atoms with van der Waals surface area (Å²) in [7, 11) is 0. The monoisotopic (exact) mass is 398 g/mol. The van der Waals surface area contributed by atoms with E-state index in [2.05, 4.69) is 15.4 Å². The van der Waals surface area contributed by atoms with Gasteiger partial charge >= 0.3 is 0 Å². The van der Waals surface area contributed by atoms with Crippen LogP contribution in [0.5, 0.6) is 0 Å². The molecule has 2 aromatic heterocycles. The third-order valence-electron chi connectivity index (χ3n) is 4.88. The van der Waals surface area contributed by atoms with E-state index >= 15 is 0 Å². The molecule has 0 aliphatic heterocycles. The Labute approximate surface area is 171 Å². The van der Waals surface area contributed by atoms with E-state index < -0.39 is 0 Å². The number of hydrogen-bond acceptors (Lipinski definition) is 4. The van der Waals surface area contributed by atoms with Crippen molar-refractivity contribution in [2.24, 2.45) is 0 Å². The van der Waals surface area contributed by atoms with Crippen LogP contribution >= 0.6 is 11.3 Å². The third-order valence-corrected chi connectivity index (χ3v) is 5.75. The topological polar surface area (TPSA) is 59.3 Å². The van der Waals surface area contributed by atoms with E-state index in [-0.39, 0.29) is 5.91 Å². The highest BCUT2D eigenvalue weighted by Crippen LogP contribution is 2.21. The van der Waals surface area contributed by atoms with Crippen molar-refractivity contribution < 1.29 is 4.79 Å². The SMILES string of the molecule is O=C(NCCc1csc2nc(-c3ccccc3)nn12)c1cccc2ccccc12. The minimum atomic E-state index is -0.0585. The molecule has 5 aromatic rings. The maximum Gasteiger partial charge on any atom is 0.251 e. The fourth-order valence-electron chi connectivity index (χ4n) is 3.43. The molecule has 2 heterocycles. The standard InChI is InChI=1S/C23H18N4OS/c28-22(20-12-6-10-16-7-4-5-11-19(16)20)24-14-13-18-15-29-23-25-21(26-27(18)23)17-8-2-1-3-9-17/h1-12,15H,13-14H2,(H,24,28). The predicted molar refractivity (Wildman–Crippen MR) is 116 cm³/mol. The third kappa shape index (κ3) is 3.39. The maximum absolute atomic E-state index is 12.7. The summed E-state index contributed by atoms with van der Waals surface area (Å²) < 4.78 is 1.87. The number of hydrogen-bond donors (Lipinski definition) is 1. The Kier molecular flexibility index (Phi) is 4.54. The molecule has 0 bridgehead atoms. The van der Waals surface area contributed by atoms with Gasteiger partial charge in [-0.15, -0.1) is 16.4 Å². The summed E-state index contributed by atoms with van der Waals surface area (Å²) in [6.07, 6.45) is 0.689. The molecule has 1 amide bonds. The first-order valence-corrected chi connectivity index (χ1v) is 10.3. The second kappa shape index (κ2) is 7.48. The number of aromatic nitrogens is 3. The summed E-state index contributed by atoms with van der Waals surface area (Å²) in [5.41, 5.74) is 2.74. The van der Waals surface area contributed by atoms with Gasteiger partial charge in [0.1, 0.15) is 0 Å². The summed E-state index contributed by atoms with van der Waals surface area (Å²) in [4.78, 5) is 18.2. The van der Waals surface area contributed by atoms with Gasteiger partial charge in [-0.05, 0) is 16.8 Å². The van der Waals surface area contributed by atoms with Crippen molar-refractivity contribution in [1.29, 1.82) is 0 Å². The lowest BCUT2D eigenvalue weighted by Crippen LogP contribution is -2.26. The number of carbonyl (C=O) groups is 1. The molecule has 6 heteroatoms. The Morgan fingerprint density at radius 2 is 1.76 bits per heavy atom. The van der Waals surface area contributed by atoms with Crippen LogP contribution in [0, 0.1) is 0 Å². The average Bonchev–Trinajstić information content (AvgIpc) is 3.36. The number of nitrogens with zero attached hydrogens (tertiary/aromatic N) is 3. The first-order chi connectivity index (χ1) is 14.3. The first-order valence-electron chi connectivity index (χ1n) is 9.44. The van der Waals surface area contributed by atoms with E-state index in [0.717, 1.165) is 32.8 Å². The van der Waals surface area contributed by atoms with Gasteiger partial charge in [-0.2, -0.15) is 4.98 Å². The summed E-state index contributed by atoms with van der Waals surface area (Å²) >= 11 is 1.56. The van der Waals surface area contributed by atoms with E-state index in [1.54, 1.807) is 11.3 Å². The van der Waals surface area contributed by atoms with Crippen LogP contribution < -0.4 is 5.32 Å². The van der Waals surface area contributed by atoms with Crippen LogP contribution in [0.25, 0.3) is 27.1 Å². The molecule has 5 rings (SSSR count). The van der Waals surface area contributed by atoms with E-state index in [1.807, 2.05) is 82.7 Å². The van der Waals surface area contributed by atoms with Crippen molar-refractivity contribution in [1.82, 2.24) is 19.9 Å². The summed E-state index contributed by atoms with van der Waals surface area (Å²) in [6, 6.07) is 23.7. The minimum Gasteiger partial charge on any atom is -0.352 e. The van der Waals surface area contributed by atoms with Gasteiger partial charge in [-0.25, -0.2) is 4.52 Å². The fraction of sp³-hybridized carbons (Fsp3) is 0.0870. The van der Waals surface area contributed by atoms with Gasteiger partial charge in [0.05, 0.1) is 5.69 Å². The predicted octanol–water partition coefficient (Wildman–Crippen LogP) is 4.58. The molecule has 142 valence electrons. The first kappa shape index (κ1) is 17.6. The zero-order chi connectivity index (χ0) is 19.6. The second-order valence-electron chi connectivity index (χ2n) is 6.76. The highest BCUT2D eigenvalue weighted by molar-refractivity contribution is 7.15. The van der Waals surface area contributed by atoms with Crippen LogP contribution in [0.4, 0.5) is 0 Å². The largest absolute Gasteiger partial charge is 0.352 e. The molecule has 0 fully saturated rings. The molecule has 0 saturated carbocycles. The van der Waals surface area contributed by atoms with Crippen LogP contribution in [0.15, 0.2) is 78.2 Å². The Morgan fingerprint density at radius 3 is 2.66 bits per heavy atom. The maximum atomic E-state index is 12.7. The number of nitrogens with one attached hydrogen (secondary N) is 1. The molecule has 5 nitrogen and oxygen atoms in total. The zero-order valence-corrected chi connectivity index (χ0v) is 16.4. The quantitative estimate of drug-likeness (QED) is 0.471. The Bertz CT molecular complexity index is 1300. The fourth-order valence-corrected chi connectivity index (χ4v) is 4.29. The number of carbonyl (C=O) groups excluding carboxylic acids is 1. The van der Waals surface area contributed by atoms with Gasteiger partial charge in [0.2, 0.25) is 4.96 Å². The van der Waals surface area contributed by atoms with Gasteiger partial charge in [0, 0.05) is 29.5 Å². The van der Waals surface area contributed by atoms with Crippen molar-refractivity contribution in [3.05, 3.63) is 89.4 Å².